The van der Waals surface area contributed by atoms with Crippen LogP contribution in [-0.2, 0) is 4.79 Å². The summed E-state index contributed by atoms with van der Waals surface area (Å²) in [6.07, 6.45) is 1.00. The van der Waals surface area contributed by atoms with E-state index in [0.29, 0.717) is 17.4 Å². The van der Waals surface area contributed by atoms with E-state index in [1.54, 1.807) is 0 Å². The number of fused-ring (bicyclic) bond motifs is 1. The van der Waals surface area contributed by atoms with Crippen LogP contribution in [0.5, 0.6) is 0 Å². The van der Waals surface area contributed by atoms with Crippen LogP contribution in [-0.4, -0.2) is 28.2 Å². The number of carbonyl (C=O) groups excluding carboxylic acids is 1. The number of rotatable bonds is 6. The highest BCUT2D eigenvalue weighted by Gasteiger charge is 2.07. The largest absolute Gasteiger partial charge is 0.399 e. The molecule has 0 atom stereocenters. The van der Waals surface area contributed by atoms with Gasteiger partial charge in [0.2, 0.25) is 5.91 Å². The Labute approximate surface area is 122 Å². The Balaban J connectivity index is 1.84. The van der Waals surface area contributed by atoms with Gasteiger partial charge in [0.1, 0.15) is 0 Å². The van der Waals surface area contributed by atoms with Crippen molar-refractivity contribution in [1.29, 1.82) is 0 Å². The van der Waals surface area contributed by atoms with Crippen molar-refractivity contribution in [2.75, 3.05) is 18.0 Å². The first-order valence-electron chi connectivity index (χ1n) is 6.69. The monoisotopic (exact) mass is 292 g/mol. The van der Waals surface area contributed by atoms with Crippen LogP contribution < -0.4 is 11.1 Å². The highest BCUT2D eigenvalue weighted by Crippen LogP contribution is 2.20. The number of aromatic nitrogens is 2. The number of nitrogens with zero attached hydrogens (tertiary/aromatic N) is 1. The summed E-state index contributed by atoms with van der Waals surface area (Å²) >= 11 is 1.40. The highest BCUT2D eigenvalue weighted by atomic mass is 32.2. The molecule has 20 heavy (non-hydrogen) atoms. The molecule has 0 unspecified atom stereocenters. The number of aromatic amines is 1. The molecule has 0 fully saturated rings. The van der Waals surface area contributed by atoms with E-state index in [1.807, 2.05) is 18.2 Å². The molecule has 6 heteroatoms. The average molecular weight is 292 g/mol. The fourth-order valence-corrected chi connectivity index (χ4v) is 2.47. The molecular formula is C14H20N4OS. The fourth-order valence-electron chi connectivity index (χ4n) is 1.76. The van der Waals surface area contributed by atoms with E-state index in [4.69, 9.17) is 5.73 Å². The lowest BCUT2D eigenvalue weighted by Crippen LogP contribution is -2.26. The topological polar surface area (TPSA) is 83.8 Å². The molecule has 2 rings (SSSR count). The number of carbonyl (C=O) groups is 1. The molecule has 0 saturated heterocycles. The number of imidazole rings is 1. The Morgan fingerprint density at radius 3 is 3.05 bits per heavy atom. The standard InChI is InChI=1S/C14H20N4OS/c1-9(2)5-6-16-13(19)8-20-14-17-11-4-3-10(15)7-12(11)18-14/h3-4,7,9H,5-6,8,15H2,1-2H3,(H,16,19)(H,17,18). The van der Waals surface area contributed by atoms with E-state index >= 15 is 0 Å². The minimum atomic E-state index is 0.0376. The van der Waals surface area contributed by atoms with Crippen LogP contribution in [0.15, 0.2) is 23.4 Å². The molecule has 0 bridgehead atoms. The quantitative estimate of drug-likeness (QED) is 0.564. The maximum absolute atomic E-state index is 11.7. The maximum Gasteiger partial charge on any atom is 0.230 e. The van der Waals surface area contributed by atoms with Crippen LogP contribution in [0.3, 0.4) is 0 Å². The Bertz CT molecular complexity index is 594. The van der Waals surface area contributed by atoms with E-state index in [0.717, 1.165) is 29.2 Å². The normalized spacial score (nSPS) is 11.2. The first-order valence-corrected chi connectivity index (χ1v) is 7.68. The summed E-state index contributed by atoms with van der Waals surface area (Å²) in [6, 6.07) is 5.53. The SMILES string of the molecule is CC(C)CCNC(=O)CSc1nc2ccc(N)cc2[nH]1. The van der Waals surface area contributed by atoms with Gasteiger partial charge in [-0.1, -0.05) is 25.6 Å². The van der Waals surface area contributed by atoms with Gasteiger partial charge in [0.15, 0.2) is 5.16 Å². The van der Waals surface area contributed by atoms with Gasteiger partial charge in [-0.05, 0) is 30.5 Å². The second-order valence-electron chi connectivity index (χ2n) is 5.14. The molecule has 2 aromatic rings. The molecule has 0 aliphatic heterocycles. The first kappa shape index (κ1) is 14.7. The fraction of sp³-hybridized carbons (Fsp3) is 0.429. The zero-order chi connectivity index (χ0) is 14.5. The molecule has 0 aliphatic carbocycles. The van der Waals surface area contributed by atoms with Crippen molar-refractivity contribution in [3.05, 3.63) is 18.2 Å². The number of hydrogen-bond donors (Lipinski definition) is 3. The number of hydrogen-bond acceptors (Lipinski definition) is 4. The summed E-state index contributed by atoms with van der Waals surface area (Å²) in [4.78, 5) is 19.2. The number of nitrogen functional groups attached to an aromatic ring is 1. The smallest absolute Gasteiger partial charge is 0.230 e. The number of amides is 1. The molecule has 108 valence electrons. The van der Waals surface area contributed by atoms with Crippen LogP contribution in [0.1, 0.15) is 20.3 Å². The summed E-state index contributed by atoms with van der Waals surface area (Å²) in [5.74, 6) is 1.01. The predicted molar refractivity (Wildman–Crippen MR) is 83.7 cm³/mol. The Hall–Kier alpha value is -1.69. The molecule has 1 aromatic heterocycles. The van der Waals surface area contributed by atoms with Crippen molar-refractivity contribution in [3.63, 3.8) is 0 Å². The zero-order valence-corrected chi connectivity index (χ0v) is 12.6. The lowest BCUT2D eigenvalue weighted by molar-refractivity contribution is -0.118. The summed E-state index contributed by atoms with van der Waals surface area (Å²) < 4.78 is 0. The number of benzene rings is 1. The van der Waals surface area contributed by atoms with Crippen molar-refractivity contribution < 1.29 is 4.79 Å². The number of nitrogens with two attached hydrogens (primary N) is 1. The molecule has 4 N–H and O–H groups in total. The molecule has 1 aromatic carbocycles. The average Bonchev–Trinajstić information content (AvgIpc) is 2.77. The van der Waals surface area contributed by atoms with Gasteiger partial charge in [-0.2, -0.15) is 0 Å². The van der Waals surface area contributed by atoms with Gasteiger partial charge in [0.25, 0.3) is 0 Å². The van der Waals surface area contributed by atoms with Crippen molar-refractivity contribution >= 4 is 34.4 Å². The second-order valence-corrected chi connectivity index (χ2v) is 6.10. The van der Waals surface area contributed by atoms with Gasteiger partial charge in [-0.15, -0.1) is 0 Å². The molecule has 0 spiro atoms. The molecule has 1 amide bonds. The lowest BCUT2D eigenvalue weighted by atomic mass is 10.1. The molecule has 0 radical (unpaired) electrons. The van der Waals surface area contributed by atoms with Gasteiger partial charge >= 0.3 is 0 Å². The van der Waals surface area contributed by atoms with E-state index in [2.05, 4.69) is 29.1 Å². The second kappa shape index (κ2) is 6.65. The van der Waals surface area contributed by atoms with Crippen LogP contribution in [0.4, 0.5) is 5.69 Å². The summed E-state index contributed by atoms with van der Waals surface area (Å²) in [7, 11) is 0. The maximum atomic E-state index is 11.7. The van der Waals surface area contributed by atoms with Crippen molar-refractivity contribution in [2.24, 2.45) is 5.92 Å². The van der Waals surface area contributed by atoms with Gasteiger partial charge in [-0.25, -0.2) is 4.98 Å². The number of H-pyrrole nitrogens is 1. The Kier molecular flexibility index (Phi) is 4.89. The van der Waals surface area contributed by atoms with Crippen molar-refractivity contribution in [3.8, 4) is 0 Å². The Morgan fingerprint density at radius 1 is 1.50 bits per heavy atom. The third-order valence-electron chi connectivity index (χ3n) is 2.87. The third kappa shape index (κ3) is 4.16. The zero-order valence-electron chi connectivity index (χ0n) is 11.8. The van der Waals surface area contributed by atoms with Crippen LogP contribution in [0.25, 0.3) is 11.0 Å². The molecule has 0 saturated carbocycles. The minimum absolute atomic E-state index is 0.0376. The Morgan fingerprint density at radius 2 is 2.30 bits per heavy atom. The van der Waals surface area contributed by atoms with Crippen LogP contribution >= 0.6 is 11.8 Å². The molecular weight excluding hydrogens is 272 g/mol. The van der Waals surface area contributed by atoms with E-state index < -0.39 is 0 Å². The highest BCUT2D eigenvalue weighted by molar-refractivity contribution is 7.99. The lowest BCUT2D eigenvalue weighted by Gasteiger charge is -2.06. The van der Waals surface area contributed by atoms with Crippen LogP contribution in [0.2, 0.25) is 0 Å². The van der Waals surface area contributed by atoms with Crippen LogP contribution in [0, 0.1) is 5.92 Å². The minimum Gasteiger partial charge on any atom is -0.399 e. The summed E-state index contributed by atoms with van der Waals surface area (Å²) in [5, 5.41) is 3.65. The number of thioether (sulfide) groups is 1. The summed E-state index contributed by atoms with van der Waals surface area (Å²) in [5.41, 5.74) is 8.17. The van der Waals surface area contributed by atoms with Gasteiger partial charge in [0, 0.05) is 12.2 Å². The van der Waals surface area contributed by atoms with E-state index in [9.17, 15) is 4.79 Å². The van der Waals surface area contributed by atoms with E-state index in [1.165, 1.54) is 11.8 Å². The summed E-state index contributed by atoms with van der Waals surface area (Å²) in [6.45, 7) is 5.01. The number of anilines is 1. The molecule has 1 heterocycles. The first-order chi connectivity index (χ1) is 9.54. The number of nitrogens with one attached hydrogen (secondary N) is 2. The van der Waals surface area contributed by atoms with Gasteiger partial charge in [0.05, 0.1) is 16.8 Å². The van der Waals surface area contributed by atoms with Gasteiger partial charge < -0.3 is 16.0 Å². The van der Waals surface area contributed by atoms with Gasteiger partial charge in [-0.3, -0.25) is 4.79 Å². The molecule has 5 nitrogen and oxygen atoms in total. The third-order valence-corrected chi connectivity index (χ3v) is 3.74. The predicted octanol–water partition coefficient (Wildman–Crippen LogP) is 2.40. The molecule has 0 aliphatic rings. The van der Waals surface area contributed by atoms with E-state index in [-0.39, 0.29) is 5.91 Å². The van der Waals surface area contributed by atoms with Crippen molar-refractivity contribution in [2.45, 2.75) is 25.4 Å². The van der Waals surface area contributed by atoms with Crippen molar-refractivity contribution in [1.82, 2.24) is 15.3 Å².